The molecule has 0 saturated carbocycles. The molecule has 4 nitrogen and oxygen atoms in total. The normalized spacial score (nSPS) is 10.1. The molecule has 0 aliphatic carbocycles. The second kappa shape index (κ2) is 4.32. The Hall–Kier alpha value is -1.54. The zero-order chi connectivity index (χ0) is 11.6. The van der Waals surface area contributed by atoms with Crippen molar-refractivity contribution in [2.45, 2.75) is 26.9 Å². The fourth-order valence-corrected chi connectivity index (χ4v) is 2.04. The van der Waals surface area contributed by atoms with Gasteiger partial charge in [0.05, 0.1) is 11.7 Å². The topological polar surface area (TPSA) is 76.1 Å². The molecule has 0 amide bonds. The molecular weight excluding hydrogens is 212 g/mol. The van der Waals surface area contributed by atoms with E-state index in [0.29, 0.717) is 21.0 Å². The number of anilines is 1. The first-order chi connectivity index (χ1) is 6.97. The molecule has 0 aromatic carbocycles. The van der Waals surface area contributed by atoms with Crippen LogP contribution in [0, 0.1) is 18.3 Å². The van der Waals surface area contributed by atoms with Gasteiger partial charge < -0.3 is 10.5 Å². The number of thiophene rings is 1. The van der Waals surface area contributed by atoms with Crippen LogP contribution >= 0.6 is 11.3 Å². The Bertz CT molecular complexity index is 429. The first kappa shape index (κ1) is 11.5. The van der Waals surface area contributed by atoms with Crippen molar-refractivity contribution < 1.29 is 9.53 Å². The Morgan fingerprint density at radius 1 is 1.60 bits per heavy atom. The lowest BCUT2D eigenvalue weighted by atomic mass is 10.2. The van der Waals surface area contributed by atoms with Gasteiger partial charge in [0.1, 0.15) is 15.9 Å². The summed E-state index contributed by atoms with van der Waals surface area (Å²) in [6.07, 6.45) is -0.175. The van der Waals surface area contributed by atoms with Crippen LogP contribution in [0.15, 0.2) is 0 Å². The van der Waals surface area contributed by atoms with Crippen molar-refractivity contribution in [1.29, 1.82) is 5.26 Å². The van der Waals surface area contributed by atoms with Gasteiger partial charge in [-0.25, -0.2) is 4.79 Å². The van der Waals surface area contributed by atoms with Gasteiger partial charge in [-0.15, -0.1) is 11.3 Å². The fraction of sp³-hybridized carbons (Fsp3) is 0.400. The van der Waals surface area contributed by atoms with Crippen LogP contribution in [-0.2, 0) is 4.74 Å². The van der Waals surface area contributed by atoms with Crippen LogP contribution in [0.2, 0.25) is 0 Å². The SMILES string of the molecule is Cc1c(C(=O)OC(C)C)sc(N)c1C#N. The summed E-state index contributed by atoms with van der Waals surface area (Å²) in [5, 5.41) is 9.17. The van der Waals surface area contributed by atoms with E-state index < -0.39 is 5.97 Å². The van der Waals surface area contributed by atoms with Crippen molar-refractivity contribution in [3.05, 3.63) is 16.0 Å². The molecule has 1 rings (SSSR count). The smallest absolute Gasteiger partial charge is 0.348 e. The van der Waals surface area contributed by atoms with Gasteiger partial charge in [0.2, 0.25) is 0 Å². The van der Waals surface area contributed by atoms with Gasteiger partial charge in [0.15, 0.2) is 0 Å². The third-order valence-electron chi connectivity index (χ3n) is 1.81. The monoisotopic (exact) mass is 224 g/mol. The Labute approximate surface area is 92.3 Å². The Morgan fingerprint density at radius 3 is 2.60 bits per heavy atom. The molecule has 1 heterocycles. The standard InChI is InChI=1S/C10H12N2O2S/c1-5(2)14-10(13)8-6(3)7(4-11)9(12)15-8/h5H,12H2,1-3H3. The second-order valence-corrected chi connectivity index (χ2v) is 4.41. The minimum absolute atomic E-state index is 0.175. The van der Waals surface area contributed by atoms with Crippen LogP contribution in [0.3, 0.4) is 0 Å². The maximum atomic E-state index is 11.6. The first-order valence-corrected chi connectivity index (χ1v) is 5.29. The highest BCUT2D eigenvalue weighted by molar-refractivity contribution is 7.18. The van der Waals surface area contributed by atoms with Gasteiger partial charge in [-0.3, -0.25) is 0 Å². The molecular formula is C10H12N2O2S. The highest BCUT2D eigenvalue weighted by Crippen LogP contribution is 2.30. The maximum absolute atomic E-state index is 11.6. The van der Waals surface area contributed by atoms with Crippen LogP contribution < -0.4 is 5.73 Å². The molecule has 5 heteroatoms. The van der Waals surface area contributed by atoms with Crippen LogP contribution in [0.4, 0.5) is 5.00 Å². The minimum Gasteiger partial charge on any atom is -0.459 e. The number of nitrogens with zero attached hydrogens (tertiary/aromatic N) is 1. The molecule has 0 saturated heterocycles. The zero-order valence-electron chi connectivity index (χ0n) is 8.83. The molecule has 0 aliphatic heterocycles. The molecule has 1 aromatic heterocycles. The lowest BCUT2D eigenvalue weighted by molar-refractivity contribution is 0.0383. The number of hydrogen-bond donors (Lipinski definition) is 1. The molecule has 1 aromatic rings. The number of esters is 1. The third kappa shape index (κ3) is 2.28. The van der Waals surface area contributed by atoms with Crippen LogP contribution in [-0.4, -0.2) is 12.1 Å². The molecule has 80 valence electrons. The average molecular weight is 224 g/mol. The Kier molecular flexibility index (Phi) is 3.32. The largest absolute Gasteiger partial charge is 0.459 e. The van der Waals surface area contributed by atoms with Gasteiger partial charge >= 0.3 is 5.97 Å². The van der Waals surface area contributed by atoms with E-state index in [1.807, 2.05) is 6.07 Å². The van der Waals surface area contributed by atoms with Crippen molar-refractivity contribution in [2.75, 3.05) is 5.73 Å². The number of rotatable bonds is 2. The lowest BCUT2D eigenvalue weighted by Gasteiger charge is -2.06. The predicted molar refractivity (Wildman–Crippen MR) is 58.7 cm³/mol. The van der Waals surface area contributed by atoms with E-state index in [4.69, 9.17) is 15.7 Å². The highest BCUT2D eigenvalue weighted by Gasteiger charge is 2.20. The molecule has 0 spiro atoms. The molecule has 0 fully saturated rings. The summed E-state index contributed by atoms with van der Waals surface area (Å²) in [5.74, 6) is -0.416. The van der Waals surface area contributed by atoms with Crippen molar-refractivity contribution in [1.82, 2.24) is 0 Å². The van der Waals surface area contributed by atoms with E-state index >= 15 is 0 Å². The lowest BCUT2D eigenvalue weighted by Crippen LogP contribution is -2.11. The van der Waals surface area contributed by atoms with E-state index in [2.05, 4.69) is 0 Å². The maximum Gasteiger partial charge on any atom is 0.348 e. The van der Waals surface area contributed by atoms with Gasteiger partial charge in [-0.2, -0.15) is 5.26 Å². The van der Waals surface area contributed by atoms with Crippen molar-refractivity contribution >= 4 is 22.3 Å². The Balaban J connectivity index is 3.07. The number of hydrogen-bond acceptors (Lipinski definition) is 5. The molecule has 0 unspecified atom stereocenters. The predicted octanol–water partition coefficient (Wildman–Crippen LogP) is 2.08. The van der Waals surface area contributed by atoms with E-state index in [1.165, 1.54) is 0 Å². The number of carbonyl (C=O) groups excluding carboxylic acids is 1. The van der Waals surface area contributed by atoms with E-state index in [1.54, 1.807) is 20.8 Å². The third-order valence-corrected chi connectivity index (χ3v) is 2.91. The Morgan fingerprint density at radius 2 is 2.20 bits per heavy atom. The number of nitrogens with two attached hydrogens (primary N) is 1. The number of nitriles is 1. The van der Waals surface area contributed by atoms with Gasteiger partial charge in [0, 0.05) is 0 Å². The van der Waals surface area contributed by atoms with Crippen LogP contribution in [0.5, 0.6) is 0 Å². The van der Waals surface area contributed by atoms with E-state index in [0.717, 1.165) is 11.3 Å². The van der Waals surface area contributed by atoms with Crippen molar-refractivity contribution in [2.24, 2.45) is 0 Å². The quantitative estimate of drug-likeness (QED) is 0.780. The minimum atomic E-state index is -0.416. The van der Waals surface area contributed by atoms with Crippen molar-refractivity contribution in [3.63, 3.8) is 0 Å². The number of ether oxygens (including phenoxy) is 1. The average Bonchev–Trinajstić information content (AvgIpc) is 2.40. The van der Waals surface area contributed by atoms with Gasteiger partial charge in [-0.1, -0.05) is 0 Å². The van der Waals surface area contributed by atoms with E-state index in [-0.39, 0.29) is 6.10 Å². The van der Waals surface area contributed by atoms with Crippen molar-refractivity contribution in [3.8, 4) is 6.07 Å². The zero-order valence-corrected chi connectivity index (χ0v) is 9.64. The summed E-state index contributed by atoms with van der Waals surface area (Å²) in [5.41, 5.74) is 6.58. The van der Waals surface area contributed by atoms with Gasteiger partial charge in [-0.05, 0) is 26.3 Å². The van der Waals surface area contributed by atoms with Crippen LogP contribution in [0.1, 0.15) is 34.6 Å². The summed E-state index contributed by atoms with van der Waals surface area (Å²) in [7, 11) is 0. The van der Waals surface area contributed by atoms with Gasteiger partial charge in [0.25, 0.3) is 0 Å². The van der Waals surface area contributed by atoms with Crippen LogP contribution in [0.25, 0.3) is 0 Å². The molecule has 2 N–H and O–H groups in total. The molecule has 15 heavy (non-hydrogen) atoms. The first-order valence-electron chi connectivity index (χ1n) is 4.47. The fourth-order valence-electron chi connectivity index (χ4n) is 1.14. The summed E-state index contributed by atoms with van der Waals surface area (Å²) in [4.78, 5) is 12.0. The molecule has 0 aliphatic rings. The summed E-state index contributed by atoms with van der Waals surface area (Å²) in [6.45, 7) is 5.24. The van der Waals surface area contributed by atoms with E-state index in [9.17, 15) is 4.79 Å². The summed E-state index contributed by atoms with van der Waals surface area (Å²) >= 11 is 1.10. The molecule has 0 bridgehead atoms. The molecule has 0 atom stereocenters. The number of carbonyl (C=O) groups is 1. The highest BCUT2D eigenvalue weighted by atomic mass is 32.1. The summed E-state index contributed by atoms with van der Waals surface area (Å²) in [6, 6.07) is 1.97. The summed E-state index contributed by atoms with van der Waals surface area (Å²) < 4.78 is 5.04. The number of nitrogen functional groups attached to an aromatic ring is 1. The second-order valence-electron chi connectivity index (χ2n) is 3.36. The molecule has 0 radical (unpaired) electrons.